The molecule has 4 aromatic heterocycles. The Labute approximate surface area is 182 Å². The van der Waals surface area contributed by atoms with Gasteiger partial charge in [-0.15, -0.1) is 11.3 Å². The van der Waals surface area contributed by atoms with Crippen LogP contribution >= 0.6 is 11.3 Å². The molecular weight excluding hydrogens is 396 g/mol. The summed E-state index contributed by atoms with van der Waals surface area (Å²) < 4.78 is 8.90. The minimum absolute atomic E-state index is 0.384. The van der Waals surface area contributed by atoms with Crippen LogP contribution in [0.15, 0.2) is 36.8 Å². The Balaban J connectivity index is 0.000000757. The molecule has 0 aliphatic heterocycles. The van der Waals surface area contributed by atoms with Crippen LogP contribution in [0.1, 0.15) is 54.4 Å². The van der Waals surface area contributed by atoms with E-state index < -0.39 is 0 Å². The molecular formula is C23H30N4O2S. The van der Waals surface area contributed by atoms with Crippen molar-refractivity contribution in [2.24, 2.45) is 0 Å². The molecule has 0 saturated heterocycles. The molecule has 0 N–H and O–H groups in total. The Hall–Kier alpha value is -2.93. The number of ether oxygens (including phenoxy) is 1. The first-order valence-electron chi connectivity index (χ1n) is 10.2. The van der Waals surface area contributed by atoms with Crippen LogP contribution in [0.5, 0.6) is 0 Å². The Bertz CT molecular complexity index is 1120. The van der Waals surface area contributed by atoms with Crippen molar-refractivity contribution >= 4 is 23.0 Å². The molecule has 0 aromatic carbocycles. The standard InChI is InChI=1S/C19H18N4O2S.2C2H6/c1-11-8-20-13(3)23(11)15-7-14(19(24)25-4)10-22-16(9-21-18(15)22)17-6-5-12(2)26-17;2*1-2/h5-10H,1-4H3;2*1-2H3. The normalized spacial score (nSPS) is 10.1. The van der Waals surface area contributed by atoms with Gasteiger partial charge in [-0.2, -0.15) is 0 Å². The van der Waals surface area contributed by atoms with Crippen molar-refractivity contribution in [3.05, 3.63) is 58.7 Å². The molecule has 4 heterocycles. The Morgan fingerprint density at radius 1 is 1.03 bits per heavy atom. The van der Waals surface area contributed by atoms with Crippen LogP contribution in [0, 0.1) is 20.8 Å². The van der Waals surface area contributed by atoms with E-state index in [0.717, 1.165) is 33.4 Å². The van der Waals surface area contributed by atoms with Gasteiger partial charge in [0.2, 0.25) is 0 Å². The second-order valence-electron chi connectivity index (χ2n) is 6.14. The number of esters is 1. The highest BCUT2D eigenvalue weighted by Gasteiger charge is 2.18. The van der Waals surface area contributed by atoms with Crippen molar-refractivity contribution < 1.29 is 9.53 Å². The Morgan fingerprint density at radius 3 is 2.27 bits per heavy atom. The van der Waals surface area contributed by atoms with Gasteiger partial charge >= 0.3 is 5.97 Å². The third kappa shape index (κ3) is 4.31. The van der Waals surface area contributed by atoms with Crippen LogP contribution in [-0.4, -0.2) is 32.0 Å². The smallest absolute Gasteiger partial charge is 0.339 e. The zero-order valence-electron chi connectivity index (χ0n) is 19.0. The van der Waals surface area contributed by atoms with Crippen molar-refractivity contribution in [1.29, 1.82) is 0 Å². The minimum atomic E-state index is -0.384. The summed E-state index contributed by atoms with van der Waals surface area (Å²) in [6.45, 7) is 14.0. The quantitative estimate of drug-likeness (QED) is 0.376. The molecule has 0 spiro atoms. The molecule has 7 heteroatoms. The fraction of sp³-hybridized carbons (Fsp3) is 0.348. The molecule has 0 bridgehead atoms. The number of aryl methyl sites for hydroxylation is 3. The number of methoxy groups -OCH3 is 1. The summed E-state index contributed by atoms with van der Waals surface area (Å²) in [6.07, 6.45) is 5.43. The third-order valence-electron chi connectivity index (χ3n) is 4.36. The summed E-state index contributed by atoms with van der Waals surface area (Å²) in [5, 5.41) is 0. The van der Waals surface area contributed by atoms with Gasteiger partial charge in [0, 0.05) is 23.0 Å². The number of carbonyl (C=O) groups excluding carboxylic acids is 1. The lowest BCUT2D eigenvalue weighted by Gasteiger charge is -2.12. The second-order valence-corrected chi connectivity index (χ2v) is 7.42. The number of imidazole rings is 2. The number of hydrogen-bond donors (Lipinski definition) is 0. The van der Waals surface area contributed by atoms with E-state index in [0.29, 0.717) is 5.56 Å². The number of carbonyl (C=O) groups is 1. The highest BCUT2D eigenvalue weighted by Crippen LogP contribution is 2.31. The van der Waals surface area contributed by atoms with Gasteiger partial charge in [-0.1, -0.05) is 27.7 Å². The summed E-state index contributed by atoms with van der Waals surface area (Å²) in [4.78, 5) is 23.6. The van der Waals surface area contributed by atoms with Gasteiger partial charge in [0.1, 0.15) is 5.82 Å². The maximum absolute atomic E-state index is 12.2. The van der Waals surface area contributed by atoms with Gasteiger partial charge in [0.25, 0.3) is 0 Å². The number of aromatic nitrogens is 4. The predicted octanol–water partition coefficient (Wildman–Crippen LogP) is 6.01. The van der Waals surface area contributed by atoms with Crippen molar-refractivity contribution in [2.75, 3.05) is 7.11 Å². The van der Waals surface area contributed by atoms with Crippen LogP contribution in [0.4, 0.5) is 0 Å². The van der Waals surface area contributed by atoms with Crippen LogP contribution in [0.2, 0.25) is 0 Å². The van der Waals surface area contributed by atoms with E-state index in [1.165, 1.54) is 12.0 Å². The summed E-state index contributed by atoms with van der Waals surface area (Å²) in [5.74, 6) is 0.452. The number of pyridine rings is 1. The lowest BCUT2D eigenvalue weighted by atomic mass is 10.2. The van der Waals surface area contributed by atoms with Gasteiger partial charge in [-0.05, 0) is 39.0 Å². The topological polar surface area (TPSA) is 61.4 Å². The van der Waals surface area contributed by atoms with Crippen molar-refractivity contribution in [3.8, 4) is 16.3 Å². The fourth-order valence-electron chi connectivity index (χ4n) is 3.14. The maximum Gasteiger partial charge on any atom is 0.339 e. The molecule has 0 unspecified atom stereocenters. The molecule has 0 saturated carbocycles. The third-order valence-corrected chi connectivity index (χ3v) is 5.38. The van der Waals surface area contributed by atoms with Crippen LogP contribution in [0.25, 0.3) is 21.9 Å². The average Bonchev–Trinajstić information content (AvgIpc) is 3.48. The SMILES string of the molecule is CC.CC.COC(=O)c1cc(-n2c(C)cnc2C)c2ncc(-c3ccc(C)s3)n2c1. The molecule has 0 aliphatic carbocycles. The highest BCUT2D eigenvalue weighted by molar-refractivity contribution is 7.15. The molecule has 4 aromatic rings. The molecule has 4 rings (SSSR count). The molecule has 0 aliphatic rings. The summed E-state index contributed by atoms with van der Waals surface area (Å²) in [7, 11) is 1.39. The molecule has 0 fully saturated rings. The van der Waals surface area contributed by atoms with Crippen LogP contribution in [0.3, 0.4) is 0 Å². The predicted molar refractivity (Wildman–Crippen MR) is 124 cm³/mol. The van der Waals surface area contributed by atoms with E-state index in [1.54, 1.807) is 23.6 Å². The lowest BCUT2D eigenvalue weighted by Crippen LogP contribution is -2.08. The van der Waals surface area contributed by atoms with Crippen LogP contribution < -0.4 is 0 Å². The van der Waals surface area contributed by atoms with Gasteiger partial charge in [-0.25, -0.2) is 14.8 Å². The van der Waals surface area contributed by atoms with Crippen molar-refractivity contribution in [3.63, 3.8) is 0 Å². The van der Waals surface area contributed by atoms with Crippen molar-refractivity contribution in [1.82, 2.24) is 18.9 Å². The molecule has 160 valence electrons. The van der Waals surface area contributed by atoms with E-state index in [4.69, 9.17) is 4.74 Å². The van der Waals surface area contributed by atoms with E-state index in [2.05, 4.69) is 29.0 Å². The number of thiophene rings is 1. The number of rotatable bonds is 3. The number of nitrogens with zero attached hydrogens (tertiary/aromatic N) is 4. The van der Waals surface area contributed by atoms with Crippen LogP contribution in [-0.2, 0) is 4.74 Å². The van der Waals surface area contributed by atoms with E-state index >= 15 is 0 Å². The second kappa shape index (κ2) is 10.2. The molecule has 6 nitrogen and oxygen atoms in total. The molecule has 0 atom stereocenters. The first-order valence-corrected chi connectivity index (χ1v) is 11.0. The highest BCUT2D eigenvalue weighted by atomic mass is 32.1. The Morgan fingerprint density at radius 2 is 1.73 bits per heavy atom. The zero-order valence-corrected chi connectivity index (χ0v) is 19.8. The maximum atomic E-state index is 12.2. The number of hydrogen-bond acceptors (Lipinski definition) is 5. The van der Waals surface area contributed by atoms with Gasteiger partial charge in [-0.3, -0.25) is 8.97 Å². The lowest BCUT2D eigenvalue weighted by molar-refractivity contribution is 0.0600. The monoisotopic (exact) mass is 426 g/mol. The van der Waals surface area contributed by atoms with Gasteiger partial charge < -0.3 is 4.74 Å². The summed E-state index contributed by atoms with van der Waals surface area (Å²) >= 11 is 1.69. The molecule has 0 amide bonds. The molecule has 0 radical (unpaired) electrons. The van der Waals surface area contributed by atoms with E-state index in [-0.39, 0.29) is 5.97 Å². The van der Waals surface area contributed by atoms with E-state index in [9.17, 15) is 4.79 Å². The van der Waals surface area contributed by atoms with Crippen molar-refractivity contribution in [2.45, 2.75) is 48.5 Å². The molecule has 30 heavy (non-hydrogen) atoms. The van der Waals surface area contributed by atoms with Gasteiger partial charge in [0.15, 0.2) is 5.65 Å². The van der Waals surface area contributed by atoms with Gasteiger partial charge in [0.05, 0.1) is 35.1 Å². The summed E-state index contributed by atoms with van der Waals surface area (Å²) in [5.41, 5.74) is 3.96. The summed E-state index contributed by atoms with van der Waals surface area (Å²) in [6, 6.07) is 5.95. The minimum Gasteiger partial charge on any atom is -0.465 e. The van der Waals surface area contributed by atoms with E-state index in [1.807, 2.05) is 62.9 Å². The first-order chi connectivity index (χ1) is 14.5. The largest absolute Gasteiger partial charge is 0.465 e. The zero-order chi connectivity index (χ0) is 22.4. The average molecular weight is 427 g/mol. The number of fused-ring (bicyclic) bond motifs is 1. The Kier molecular flexibility index (Phi) is 7.94. The first kappa shape index (κ1) is 23.3. The fourth-order valence-corrected chi connectivity index (χ4v) is 4.01.